The summed E-state index contributed by atoms with van der Waals surface area (Å²) in [6.07, 6.45) is -2.83. The Bertz CT molecular complexity index is 1490. The standard InChI is InChI=1S/C36H42N2O8/c1-22(2)30(37-34(41)44-21-29-27-18-12-10-16-25(27)26-17-11-13-19-28(26)29)33(40)45-23(3)31(38-35(42)46-36(4,5)6)32(39)43-20-24-14-8-7-9-15-24/h7-19,22-23,29-31H,20-21H2,1-6H3,(H,37,41)(H,38,42)/t23-,30-,31+/m1/s1. The van der Waals surface area contributed by atoms with E-state index in [1.165, 1.54) is 6.92 Å². The normalized spacial score (nSPS) is 14.2. The minimum absolute atomic E-state index is 0.0508. The van der Waals surface area contributed by atoms with Gasteiger partial charge in [-0.2, -0.15) is 0 Å². The molecule has 2 amide bonds. The number of carbonyl (C=O) groups is 4. The summed E-state index contributed by atoms with van der Waals surface area (Å²) < 4.78 is 22.0. The molecule has 10 heteroatoms. The highest BCUT2D eigenvalue weighted by atomic mass is 16.6. The Morgan fingerprint density at radius 3 is 1.80 bits per heavy atom. The lowest BCUT2D eigenvalue weighted by molar-refractivity contribution is -0.160. The lowest BCUT2D eigenvalue weighted by Crippen LogP contribution is -2.53. The number of fused-ring (bicyclic) bond motifs is 3. The molecule has 0 fully saturated rings. The molecule has 3 aromatic rings. The zero-order chi connectivity index (χ0) is 33.4. The number of nitrogens with one attached hydrogen (secondary N) is 2. The van der Waals surface area contributed by atoms with Gasteiger partial charge in [0, 0.05) is 5.92 Å². The first-order chi connectivity index (χ1) is 21.8. The van der Waals surface area contributed by atoms with Crippen LogP contribution in [-0.2, 0) is 35.1 Å². The Hall–Kier alpha value is -4.86. The zero-order valence-corrected chi connectivity index (χ0v) is 27.1. The lowest BCUT2D eigenvalue weighted by Gasteiger charge is -2.28. The van der Waals surface area contributed by atoms with Crippen molar-refractivity contribution in [3.8, 4) is 11.1 Å². The van der Waals surface area contributed by atoms with Gasteiger partial charge in [0.15, 0.2) is 6.04 Å². The molecule has 46 heavy (non-hydrogen) atoms. The average Bonchev–Trinajstić information content (AvgIpc) is 3.33. The lowest BCUT2D eigenvalue weighted by atomic mass is 9.98. The van der Waals surface area contributed by atoms with E-state index >= 15 is 0 Å². The highest BCUT2D eigenvalue weighted by molar-refractivity contribution is 5.85. The first-order valence-corrected chi connectivity index (χ1v) is 15.4. The first-order valence-electron chi connectivity index (χ1n) is 15.4. The SMILES string of the molecule is CC(C)[C@@H](NC(=O)OCC1c2ccccc2-c2ccccc21)C(=O)O[C@H](C)[C@H](NC(=O)OC(C)(C)C)C(=O)OCc1ccccc1. The van der Waals surface area contributed by atoms with Gasteiger partial charge in [-0.15, -0.1) is 0 Å². The molecule has 0 bridgehead atoms. The van der Waals surface area contributed by atoms with Gasteiger partial charge in [0.2, 0.25) is 0 Å². The summed E-state index contributed by atoms with van der Waals surface area (Å²) in [5, 5.41) is 5.08. The van der Waals surface area contributed by atoms with Crippen molar-refractivity contribution in [2.24, 2.45) is 5.92 Å². The molecule has 0 saturated heterocycles. The van der Waals surface area contributed by atoms with Crippen molar-refractivity contribution < 1.29 is 38.1 Å². The van der Waals surface area contributed by atoms with Gasteiger partial charge in [0.1, 0.15) is 31.0 Å². The topological polar surface area (TPSA) is 129 Å². The van der Waals surface area contributed by atoms with Crippen LogP contribution in [0.25, 0.3) is 11.1 Å². The van der Waals surface area contributed by atoms with Gasteiger partial charge >= 0.3 is 24.1 Å². The van der Waals surface area contributed by atoms with Gasteiger partial charge in [0.25, 0.3) is 0 Å². The summed E-state index contributed by atoms with van der Waals surface area (Å²) in [5.74, 6) is -2.16. The maximum Gasteiger partial charge on any atom is 0.408 e. The number of alkyl carbamates (subject to hydrolysis) is 2. The third kappa shape index (κ3) is 8.87. The predicted molar refractivity (Wildman–Crippen MR) is 172 cm³/mol. The first kappa shape index (κ1) is 34.0. The number of esters is 2. The fraction of sp³-hybridized carbons (Fsp3) is 0.389. The summed E-state index contributed by atoms with van der Waals surface area (Å²) in [6, 6.07) is 22.5. The van der Waals surface area contributed by atoms with Crippen LogP contribution in [0.5, 0.6) is 0 Å². The summed E-state index contributed by atoms with van der Waals surface area (Å²) in [7, 11) is 0. The Balaban J connectivity index is 1.40. The molecule has 0 saturated carbocycles. The number of carbonyl (C=O) groups excluding carboxylic acids is 4. The quantitative estimate of drug-likeness (QED) is 0.192. The summed E-state index contributed by atoms with van der Waals surface area (Å²) in [5.41, 5.74) is 4.23. The predicted octanol–water partition coefficient (Wildman–Crippen LogP) is 6.12. The third-order valence-electron chi connectivity index (χ3n) is 7.46. The van der Waals surface area contributed by atoms with Gasteiger partial charge < -0.3 is 29.6 Å². The molecule has 0 radical (unpaired) electrons. The minimum Gasteiger partial charge on any atom is -0.459 e. The second-order valence-electron chi connectivity index (χ2n) is 12.6. The molecule has 3 aromatic carbocycles. The molecule has 4 rings (SSSR count). The number of ether oxygens (including phenoxy) is 4. The van der Waals surface area contributed by atoms with Crippen molar-refractivity contribution in [3.63, 3.8) is 0 Å². The van der Waals surface area contributed by atoms with Gasteiger partial charge in [0.05, 0.1) is 0 Å². The Morgan fingerprint density at radius 1 is 0.696 bits per heavy atom. The van der Waals surface area contributed by atoms with E-state index in [9.17, 15) is 19.2 Å². The Labute approximate surface area is 269 Å². The zero-order valence-electron chi connectivity index (χ0n) is 27.1. The third-order valence-corrected chi connectivity index (χ3v) is 7.46. The molecule has 2 N–H and O–H groups in total. The van der Waals surface area contributed by atoms with Crippen molar-refractivity contribution in [2.75, 3.05) is 6.61 Å². The molecule has 0 spiro atoms. The van der Waals surface area contributed by atoms with Gasteiger partial charge in [-0.05, 0) is 61.4 Å². The van der Waals surface area contributed by atoms with E-state index in [-0.39, 0.29) is 25.0 Å². The second-order valence-corrected chi connectivity index (χ2v) is 12.6. The van der Waals surface area contributed by atoms with Gasteiger partial charge in [-0.1, -0.05) is 92.7 Å². The highest BCUT2D eigenvalue weighted by Gasteiger charge is 2.36. The molecular formula is C36H42N2O8. The average molecular weight is 631 g/mol. The molecule has 0 unspecified atom stereocenters. The van der Waals surface area contributed by atoms with Crippen molar-refractivity contribution in [2.45, 2.75) is 77.9 Å². The molecule has 3 atom stereocenters. The Kier molecular flexibility index (Phi) is 11.1. The van der Waals surface area contributed by atoms with Crippen molar-refractivity contribution in [3.05, 3.63) is 95.6 Å². The van der Waals surface area contributed by atoms with Crippen molar-refractivity contribution in [1.82, 2.24) is 10.6 Å². The molecule has 0 aliphatic heterocycles. The van der Waals surface area contributed by atoms with E-state index in [0.29, 0.717) is 0 Å². The number of hydrogen-bond donors (Lipinski definition) is 2. The molecule has 0 aromatic heterocycles. The van der Waals surface area contributed by atoms with Crippen LogP contribution in [0, 0.1) is 5.92 Å². The largest absolute Gasteiger partial charge is 0.459 e. The number of amides is 2. The van der Waals surface area contributed by atoms with E-state index in [0.717, 1.165) is 27.8 Å². The summed E-state index contributed by atoms with van der Waals surface area (Å²) in [6.45, 7) is 10.0. The van der Waals surface area contributed by atoms with E-state index in [1.54, 1.807) is 58.9 Å². The fourth-order valence-electron chi connectivity index (χ4n) is 5.21. The minimum atomic E-state index is -1.38. The highest BCUT2D eigenvalue weighted by Crippen LogP contribution is 2.44. The second kappa shape index (κ2) is 14.9. The molecule has 1 aliphatic carbocycles. The molecule has 244 valence electrons. The van der Waals surface area contributed by atoms with Crippen molar-refractivity contribution in [1.29, 1.82) is 0 Å². The van der Waals surface area contributed by atoms with Crippen LogP contribution in [0.3, 0.4) is 0 Å². The van der Waals surface area contributed by atoms with E-state index in [4.69, 9.17) is 18.9 Å². The Morgan fingerprint density at radius 2 is 1.24 bits per heavy atom. The maximum absolute atomic E-state index is 13.4. The van der Waals surface area contributed by atoms with Gasteiger partial charge in [-0.25, -0.2) is 19.2 Å². The summed E-state index contributed by atoms with van der Waals surface area (Å²) >= 11 is 0. The van der Waals surface area contributed by atoms with Crippen LogP contribution in [0.4, 0.5) is 9.59 Å². The molecule has 10 nitrogen and oxygen atoms in total. The monoisotopic (exact) mass is 630 g/mol. The van der Waals surface area contributed by atoms with Gasteiger partial charge in [-0.3, -0.25) is 0 Å². The number of rotatable bonds is 11. The summed E-state index contributed by atoms with van der Waals surface area (Å²) in [4.78, 5) is 52.1. The smallest absolute Gasteiger partial charge is 0.408 e. The van der Waals surface area contributed by atoms with Crippen LogP contribution in [0.2, 0.25) is 0 Å². The van der Waals surface area contributed by atoms with E-state index in [1.807, 2.05) is 54.6 Å². The fourth-order valence-corrected chi connectivity index (χ4v) is 5.21. The molecule has 1 aliphatic rings. The number of hydrogen-bond acceptors (Lipinski definition) is 8. The van der Waals surface area contributed by atoms with E-state index in [2.05, 4.69) is 10.6 Å². The maximum atomic E-state index is 13.4. The van der Waals surface area contributed by atoms with E-state index < -0.39 is 47.9 Å². The molecular weight excluding hydrogens is 588 g/mol. The van der Waals surface area contributed by atoms with Crippen LogP contribution in [-0.4, -0.2) is 54.5 Å². The van der Waals surface area contributed by atoms with Crippen molar-refractivity contribution >= 4 is 24.1 Å². The van der Waals surface area contributed by atoms with Crippen LogP contribution < -0.4 is 10.6 Å². The van der Waals surface area contributed by atoms with Crippen LogP contribution >= 0.6 is 0 Å². The number of benzene rings is 3. The van der Waals surface area contributed by atoms with Crippen LogP contribution in [0.15, 0.2) is 78.9 Å². The molecule has 0 heterocycles. The van der Waals surface area contributed by atoms with Crippen LogP contribution in [0.1, 0.15) is 64.2 Å².